The number of hydrogen-bond donors (Lipinski definition) is 2. The summed E-state index contributed by atoms with van der Waals surface area (Å²) < 4.78 is 11.2. The summed E-state index contributed by atoms with van der Waals surface area (Å²) in [7, 11) is 0. The van der Waals surface area contributed by atoms with Crippen LogP contribution in [0.2, 0.25) is 5.02 Å². The van der Waals surface area contributed by atoms with E-state index in [2.05, 4.69) is 22.5 Å². The van der Waals surface area contributed by atoms with E-state index in [4.69, 9.17) is 21.1 Å². The minimum atomic E-state index is -0.0143. The molecule has 0 saturated heterocycles. The minimum Gasteiger partial charge on any atom is -0.489 e. The highest BCUT2D eigenvalue weighted by atomic mass is 127. The summed E-state index contributed by atoms with van der Waals surface area (Å²) in [5.74, 6) is 1.62. The molecular formula is C18H31ClIN3O2. The van der Waals surface area contributed by atoms with Crippen molar-refractivity contribution >= 4 is 41.5 Å². The molecule has 0 aliphatic carbocycles. The van der Waals surface area contributed by atoms with E-state index < -0.39 is 0 Å². The van der Waals surface area contributed by atoms with Crippen molar-refractivity contribution in [2.45, 2.75) is 39.7 Å². The summed E-state index contributed by atoms with van der Waals surface area (Å²) in [6.45, 7) is 9.96. The Morgan fingerprint density at radius 1 is 1.16 bits per heavy atom. The number of ether oxygens (including phenoxy) is 2. The van der Waals surface area contributed by atoms with Gasteiger partial charge in [-0.2, -0.15) is 0 Å². The third kappa shape index (κ3) is 12.3. The van der Waals surface area contributed by atoms with E-state index >= 15 is 0 Å². The SMILES string of the molecule is CCNC(=NCC(C)Oc1ccc(Cl)cc1)NCCCCOCC.I. The van der Waals surface area contributed by atoms with Gasteiger partial charge in [0, 0.05) is 31.3 Å². The van der Waals surface area contributed by atoms with Gasteiger partial charge in [0.05, 0.1) is 6.54 Å². The predicted octanol–water partition coefficient (Wildman–Crippen LogP) is 4.10. The molecular weight excluding hydrogens is 453 g/mol. The van der Waals surface area contributed by atoms with Gasteiger partial charge < -0.3 is 20.1 Å². The summed E-state index contributed by atoms with van der Waals surface area (Å²) in [5, 5.41) is 7.29. The molecule has 1 aromatic carbocycles. The van der Waals surface area contributed by atoms with Crippen LogP contribution in [0.25, 0.3) is 0 Å². The van der Waals surface area contributed by atoms with E-state index in [1.54, 1.807) is 0 Å². The van der Waals surface area contributed by atoms with Crippen LogP contribution in [0.4, 0.5) is 0 Å². The second-order valence-electron chi connectivity index (χ2n) is 5.43. The molecule has 5 nitrogen and oxygen atoms in total. The van der Waals surface area contributed by atoms with Crippen LogP contribution in [0.1, 0.15) is 33.6 Å². The molecule has 0 aliphatic rings. The molecule has 0 spiro atoms. The standard InChI is InChI=1S/C18H30ClN3O2.HI/c1-4-20-18(21-12-6-7-13-23-5-2)22-14-15(3)24-17-10-8-16(19)9-11-17;/h8-11,15H,4-7,12-14H2,1-3H3,(H2,20,21,22);1H. The van der Waals surface area contributed by atoms with Crippen molar-refractivity contribution in [1.82, 2.24) is 10.6 Å². The van der Waals surface area contributed by atoms with E-state index in [1.807, 2.05) is 38.1 Å². The largest absolute Gasteiger partial charge is 0.489 e. The third-order valence-electron chi connectivity index (χ3n) is 3.21. The number of nitrogens with zero attached hydrogens (tertiary/aromatic N) is 1. The van der Waals surface area contributed by atoms with E-state index in [0.717, 1.165) is 50.9 Å². The number of rotatable bonds is 11. The molecule has 1 atom stereocenters. The lowest BCUT2D eigenvalue weighted by molar-refractivity contribution is 0.143. The lowest BCUT2D eigenvalue weighted by Crippen LogP contribution is -2.38. The number of benzene rings is 1. The van der Waals surface area contributed by atoms with Gasteiger partial charge in [-0.3, -0.25) is 0 Å². The van der Waals surface area contributed by atoms with Crippen LogP contribution in [-0.4, -0.2) is 44.9 Å². The fourth-order valence-electron chi connectivity index (χ4n) is 2.02. The molecule has 25 heavy (non-hydrogen) atoms. The van der Waals surface area contributed by atoms with Crippen LogP contribution in [0.5, 0.6) is 5.75 Å². The third-order valence-corrected chi connectivity index (χ3v) is 3.47. The van der Waals surface area contributed by atoms with Gasteiger partial charge in [-0.25, -0.2) is 4.99 Å². The highest BCUT2D eigenvalue weighted by Gasteiger charge is 2.04. The normalized spacial score (nSPS) is 12.2. The number of unbranched alkanes of at least 4 members (excludes halogenated alkanes) is 1. The molecule has 144 valence electrons. The Hall–Kier alpha value is -0.730. The maximum absolute atomic E-state index is 5.87. The van der Waals surface area contributed by atoms with Gasteiger partial charge in [0.2, 0.25) is 0 Å². The number of halogens is 2. The fraction of sp³-hybridized carbons (Fsp3) is 0.611. The summed E-state index contributed by atoms with van der Waals surface area (Å²) >= 11 is 5.87. The maximum Gasteiger partial charge on any atom is 0.191 e. The Morgan fingerprint density at radius 3 is 2.52 bits per heavy atom. The second kappa shape index (κ2) is 15.5. The van der Waals surface area contributed by atoms with E-state index in [-0.39, 0.29) is 30.1 Å². The molecule has 2 N–H and O–H groups in total. The summed E-state index contributed by atoms with van der Waals surface area (Å²) in [4.78, 5) is 4.57. The Balaban J connectivity index is 0.00000576. The molecule has 1 unspecified atom stereocenters. The molecule has 7 heteroatoms. The van der Waals surface area contributed by atoms with Crippen molar-refractivity contribution in [1.29, 1.82) is 0 Å². The first-order chi connectivity index (χ1) is 11.7. The molecule has 0 aliphatic heterocycles. The molecule has 0 bridgehead atoms. The van der Waals surface area contributed by atoms with E-state index in [0.29, 0.717) is 11.6 Å². The van der Waals surface area contributed by atoms with Gasteiger partial charge in [-0.1, -0.05) is 11.6 Å². The number of nitrogens with one attached hydrogen (secondary N) is 2. The molecule has 1 rings (SSSR count). The Bertz CT molecular complexity index is 472. The van der Waals surface area contributed by atoms with Crippen molar-refractivity contribution < 1.29 is 9.47 Å². The molecule has 0 fully saturated rings. The monoisotopic (exact) mass is 483 g/mol. The molecule has 0 amide bonds. The maximum atomic E-state index is 5.87. The van der Waals surface area contributed by atoms with Crippen molar-refractivity contribution in [2.24, 2.45) is 4.99 Å². The summed E-state index contributed by atoms with van der Waals surface area (Å²) in [5.41, 5.74) is 0. The van der Waals surface area contributed by atoms with Crippen molar-refractivity contribution in [3.63, 3.8) is 0 Å². The van der Waals surface area contributed by atoms with Crippen LogP contribution in [-0.2, 0) is 4.74 Å². The second-order valence-corrected chi connectivity index (χ2v) is 5.87. The zero-order valence-corrected chi connectivity index (χ0v) is 18.5. The van der Waals surface area contributed by atoms with Gasteiger partial charge in [0.25, 0.3) is 0 Å². The van der Waals surface area contributed by atoms with Gasteiger partial charge in [0.1, 0.15) is 11.9 Å². The van der Waals surface area contributed by atoms with E-state index in [9.17, 15) is 0 Å². The Kier molecular flexibility index (Phi) is 15.1. The van der Waals surface area contributed by atoms with Crippen LogP contribution >= 0.6 is 35.6 Å². The number of hydrogen-bond acceptors (Lipinski definition) is 3. The van der Waals surface area contributed by atoms with Crippen molar-refractivity contribution in [3.8, 4) is 5.75 Å². The highest BCUT2D eigenvalue weighted by molar-refractivity contribution is 14.0. The minimum absolute atomic E-state index is 0. The van der Waals surface area contributed by atoms with Gasteiger partial charge in [0.15, 0.2) is 5.96 Å². The van der Waals surface area contributed by atoms with Gasteiger partial charge >= 0.3 is 0 Å². The summed E-state index contributed by atoms with van der Waals surface area (Å²) in [6.07, 6.45) is 2.09. The van der Waals surface area contributed by atoms with Crippen LogP contribution in [0.3, 0.4) is 0 Å². The highest BCUT2D eigenvalue weighted by Crippen LogP contribution is 2.16. The number of guanidine groups is 1. The zero-order chi connectivity index (χ0) is 17.6. The van der Waals surface area contributed by atoms with Crippen LogP contribution in [0, 0.1) is 0 Å². The predicted molar refractivity (Wildman–Crippen MR) is 117 cm³/mol. The lowest BCUT2D eigenvalue weighted by atomic mass is 10.3. The van der Waals surface area contributed by atoms with Crippen LogP contribution in [0.15, 0.2) is 29.3 Å². The van der Waals surface area contributed by atoms with Crippen molar-refractivity contribution in [2.75, 3.05) is 32.8 Å². The van der Waals surface area contributed by atoms with Crippen LogP contribution < -0.4 is 15.4 Å². The quantitative estimate of drug-likeness (QED) is 0.215. The van der Waals surface area contributed by atoms with E-state index in [1.165, 1.54) is 0 Å². The zero-order valence-electron chi connectivity index (χ0n) is 15.4. The smallest absolute Gasteiger partial charge is 0.191 e. The molecule has 0 heterocycles. The molecule has 1 aromatic rings. The van der Waals surface area contributed by atoms with Gasteiger partial charge in [-0.15, -0.1) is 24.0 Å². The topological polar surface area (TPSA) is 54.9 Å². The first kappa shape index (κ1) is 24.3. The molecule has 0 radical (unpaired) electrons. The van der Waals surface area contributed by atoms with Crippen molar-refractivity contribution in [3.05, 3.63) is 29.3 Å². The first-order valence-electron chi connectivity index (χ1n) is 8.67. The Morgan fingerprint density at radius 2 is 1.88 bits per heavy atom. The lowest BCUT2D eigenvalue weighted by Gasteiger charge is -2.15. The molecule has 0 saturated carbocycles. The fourth-order valence-corrected chi connectivity index (χ4v) is 2.15. The average molecular weight is 484 g/mol. The number of aliphatic imine (C=N–C) groups is 1. The molecule has 0 aromatic heterocycles. The van der Waals surface area contributed by atoms with Gasteiger partial charge in [-0.05, 0) is 57.9 Å². The first-order valence-corrected chi connectivity index (χ1v) is 9.05. The Labute approximate surface area is 173 Å². The summed E-state index contributed by atoms with van der Waals surface area (Å²) in [6, 6.07) is 7.37. The average Bonchev–Trinajstić information content (AvgIpc) is 2.57.